The zero-order valence-corrected chi connectivity index (χ0v) is 7.53. The average molecular weight is 169 g/mol. The van der Waals surface area contributed by atoms with Gasteiger partial charge in [0.25, 0.3) is 0 Å². The Hall–Kier alpha value is -0.830. The van der Waals surface area contributed by atoms with Gasteiger partial charge >= 0.3 is 0 Å². The second-order valence-corrected chi connectivity index (χ2v) is 3.34. The van der Waals surface area contributed by atoms with E-state index >= 15 is 0 Å². The summed E-state index contributed by atoms with van der Waals surface area (Å²) in [5.74, 6) is 0.317. The quantitative estimate of drug-likeness (QED) is 0.745. The molecule has 0 spiro atoms. The molecule has 1 aromatic rings. The SMILES string of the molecule is CC(C)C(O)CCc1ccon1. The molecule has 1 heterocycles. The molecule has 12 heavy (non-hydrogen) atoms. The number of hydrogen-bond donors (Lipinski definition) is 1. The fourth-order valence-corrected chi connectivity index (χ4v) is 0.996. The van der Waals surface area contributed by atoms with E-state index in [0.717, 1.165) is 18.5 Å². The first-order chi connectivity index (χ1) is 5.70. The van der Waals surface area contributed by atoms with Crippen molar-refractivity contribution in [2.45, 2.75) is 32.8 Å². The number of nitrogens with zero attached hydrogens (tertiary/aromatic N) is 1. The molecule has 0 bridgehead atoms. The van der Waals surface area contributed by atoms with Crippen LogP contribution in [0.4, 0.5) is 0 Å². The average Bonchev–Trinajstić information content (AvgIpc) is 2.51. The van der Waals surface area contributed by atoms with Crippen LogP contribution in [0.15, 0.2) is 16.9 Å². The third kappa shape index (κ3) is 2.66. The van der Waals surface area contributed by atoms with Crippen molar-refractivity contribution < 1.29 is 9.63 Å². The molecule has 1 atom stereocenters. The molecule has 1 unspecified atom stereocenters. The molecule has 3 heteroatoms. The Morgan fingerprint density at radius 3 is 2.83 bits per heavy atom. The van der Waals surface area contributed by atoms with Crippen LogP contribution in [0.5, 0.6) is 0 Å². The van der Waals surface area contributed by atoms with E-state index in [-0.39, 0.29) is 6.10 Å². The van der Waals surface area contributed by atoms with Gasteiger partial charge in [-0.15, -0.1) is 0 Å². The highest BCUT2D eigenvalue weighted by atomic mass is 16.5. The number of hydrogen-bond acceptors (Lipinski definition) is 3. The summed E-state index contributed by atoms with van der Waals surface area (Å²) in [6, 6.07) is 1.83. The van der Waals surface area contributed by atoms with Crippen LogP contribution in [0.1, 0.15) is 26.0 Å². The van der Waals surface area contributed by atoms with Crippen LogP contribution >= 0.6 is 0 Å². The van der Waals surface area contributed by atoms with Crippen LogP contribution < -0.4 is 0 Å². The van der Waals surface area contributed by atoms with Gasteiger partial charge in [-0.1, -0.05) is 19.0 Å². The minimum absolute atomic E-state index is 0.235. The van der Waals surface area contributed by atoms with Crippen molar-refractivity contribution in [2.24, 2.45) is 5.92 Å². The van der Waals surface area contributed by atoms with Crippen molar-refractivity contribution >= 4 is 0 Å². The summed E-state index contributed by atoms with van der Waals surface area (Å²) in [7, 11) is 0. The maximum atomic E-state index is 9.47. The fourth-order valence-electron chi connectivity index (χ4n) is 0.996. The van der Waals surface area contributed by atoms with Crippen molar-refractivity contribution in [1.82, 2.24) is 5.16 Å². The van der Waals surface area contributed by atoms with E-state index in [1.165, 1.54) is 0 Å². The number of aliphatic hydroxyl groups is 1. The van der Waals surface area contributed by atoms with E-state index in [4.69, 9.17) is 0 Å². The highest BCUT2D eigenvalue weighted by molar-refractivity contribution is 4.95. The minimum atomic E-state index is -0.235. The summed E-state index contributed by atoms with van der Waals surface area (Å²) in [4.78, 5) is 0. The van der Waals surface area contributed by atoms with Gasteiger partial charge in [0.05, 0.1) is 11.8 Å². The summed E-state index contributed by atoms with van der Waals surface area (Å²) in [6.45, 7) is 4.01. The van der Waals surface area contributed by atoms with E-state index in [2.05, 4.69) is 9.68 Å². The third-order valence-corrected chi connectivity index (χ3v) is 1.96. The molecule has 0 saturated heterocycles. The smallest absolute Gasteiger partial charge is 0.124 e. The second-order valence-electron chi connectivity index (χ2n) is 3.34. The Kier molecular flexibility index (Phi) is 3.29. The predicted molar refractivity (Wildman–Crippen MR) is 45.7 cm³/mol. The molecule has 68 valence electrons. The predicted octanol–water partition coefficient (Wildman–Crippen LogP) is 1.62. The second kappa shape index (κ2) is 4.26. The Morgan fingerprint density at radius 1 is 1.58 bits per heavy atom. The van der Waals surface area contributed by atoms with E-state index in [1.807, 2.05) is 19.9 Å². The highest BCUT2D eigenvalue weighted by Gasteiger charge is 2.09. The summed E-state index contributed by atoms with van der Waals surface area (Å²) in [5, 5.41) is 13.2. The zero-order chi connectivity index (χ0) is 8.97. The topological polar surface area (TPSA) is 46.3 Å². The number of rotatable bonds is 4. The molecule has 0 radical (unpaired) electrons. The number of aliphatic hydroxyl groups excluding tert-OH is 1. The molecule has 1 rings (SSSR count). The molecular weight excluding hydrogens is 154 g/mol. The molecule has 0 aliphatic heterocycles. The molecule has 0 saturated carbocycles. The maximum absolute atomic E-state index is 9.47. The van der Waals surface area contributed by atoms with Gasteiger partial charge in [-0.2, -0.15) is 0 Å². The van der Waals surface area contributed by atoms with Gasteiger partial charge in [0.1, 0.15) is 6.26 Å². The fraction of sp³-hybridized carbons (Fsp3) is 0.667. The van der Waals surface area contributed by atoms with Gasteiger partial charge < -0.3 is 9.63 Å². The molecule has 1 aromatic heterocycles. The van der Waals surface area contributed by atoms with E-state index in [9.17, 15) is 5.11 Å². The van der Waals surface area contributed by atoms with Gasteiger partial charge in [0.15, 0.2) is 0 Å². The molecule has 0 aromatic carbocycles. The maximum Gasteiger partial charge on any atom is 0.124 e. The Morgan fingerprint density at radius 2 is 2.33 bits per heavy atom. The summed E-state index contributed by atoms with van der Waals surface area (Å²) in [6.07, 6.45) is 2.86. The van der Waals surface area contributed by atoms with Crippen LogP contribution in [0.2, 0.25) is 0 Å². The first kappa shape index (κ1) is 9.26. The van der Waals surface area contributed by atoms with Crippen molar-refractivity contribution in [3.63, 3.8) is 0 Å². The zero-order valence-electron chi connectivity index (χ0n) is 7.53. The first-order valence-corrected chi connectivity index (χ1v) is 4.27. The summed E-state index contributed by atoms with van der Waals surface area (Å²) < 4.78 is 4.68. The summed E-state index contributed by atoms with van der Waals surface area (Å²) in [5.41, 5.74) is 0.912. The van der Waals surface area contributed by atoms with Crippen molar-refractivity contribution in [2.75, 3.05) is 0 Å². The van der Waals surface area contributed by atoms with Gasteiger partial charge in [-0.3, -0.25) is 0 Å². The lowest BCUT2D eigenvalue weighted by Gasteiger charge is -2.12. The van der Waals surface area contributed by atoms with Gasteiger partial charge in [0.2, 0.25) is 0 Å². The van der Waals surface area contributed by atoms with Crippen LogP contribution in [-0.2, 0) is 6.42 Å². The molecule has 0 amide bonds. The van der Waals surface area contributed by atoms with Crippen molar-refractivity contribution in [1.29, 1.82) is 0 Å². The van der Waals surface area contributed by atoms with Crippen molar-refractivity contribution in [3.05, 3.63) is 18.0 Å². The Balaban J connectivity index is 2.27. The first-order valence-electron chi connectivity index (χ1n) is 4.27. The Bertz CT molecular complexity index is 206. The lowest BCUT2D eigenvalue weighted by atomic mass is 10.0. The largest absolute Gasteiger partial charge is 0.393 e. The molecule has 0 aliphatic rings. The molecule has 1 N–H and O–H groups in total. The normalized spacial score (nSPS) is 13.7. The van der Waals surface area contributed by atoms with Crippen LogP contribution in [0, 0.1) is 5.92 Å². The lowest BCUT2D eigenvalue weighted by molar-refractivity contribution is 0.116. The standard InChI is InChI=1S/C9H15NO2/c1-7(2)9(11)4-3-8-5-6-12-10-8/h5-7,9,11H,3-4H2,1-2H3. The molecular formula is C9H15NO2. The van der Waals surface area contributed by atoms with Crippen LogP contribution in [0.3, 0.4) is 0 Å². The minimum Gasteiger partial charge on any atom is -0.393 e. The number of aryl methyl sites for hydroxylation is 1. The van der Waals surface area contributed by atoms with Crippen LogP contribution in [-0.4, -0.2) is 16.4 Å². The van der Waals surface area contributed by atoms with Crippen molar-refractivity contribution in [3.8, 4) is 0 Å². The molecule has 0 aliphatic carbocycles. The van der Waals surface area contributed by atoms with Gasteiger partial charge in [0, 0.05) is 6.07 Å². The Labute approximate surface area is 72.4 Å². The van der Waals surface area contributed by atoms with Gasteiger partial charge in [-0.25, -0.2) is 0 Å². The third-order valence-electron chi connectivity index (χ3n) is 1.96. The highest BCUT2D eigenvalue weighted by Crippen LogP contribution is 2.09. The monoisotopic (exact) mass is 169 g/mol. The van der Waals surface area contributed by atoms with Crippen LogP contribution in [0.25, 0.3) is 0 Å². The summed E-state index contributed by atoms with van der Waals surface area (Å²) >= 11 is 0. The molecule has 3 nitrogen and oxygen atoms in total. The van der Waals surface area contributed by atoms with E-state index in [0.29, 0.717) is 5.92 Å². The van der Waals surface area contributed by atoms with E-state index in [1.54, 1.807) is 6.26 Å². The molecule has 0 fully saturated rings. The van der Waals surface area contributed by atoms with Gasteiger partial charge in [-0.05, 0) is 18.8 Å². The van der Waals surface area contributed by atoms with E-state index < -0.39 is 0 Å². The lowest BCUT2D eigenvalue weighted by Crippen LogP contribution is -2.15. The number of aromatic nitrogens is 1.